The number of rotatable bonds is 6. The summed E-state index contributed by atoms with van der Waals surface area (Å²) in [6.45, 7) is 5.59. The van der Waals surface area contributed by atoms with E-state index in [1.54, 1.807) is 0 Å². The van der Waals surface area contributed by atoms with E-state index in [2.05, 4.69) is 88.9 Å². The first-order chi connectivity index (χ1) is 19.4. The Balaban J connectivity index is 0.00000337. The van der Waals surface area contributed by atoms with Crippen molar-refractivity contribution in [3.63, 3.8) is 0 Å². The van der Waals surface area contributed by atoms with E-state index >= 15 is 0 Å². The number of hydrogen-bond donors (Lipinski definition) is 0. The summed E-state index contributed by atoms with van der Waals surface area (Å²) in [6.07, 6.45) is 6.19. The SMILES string of the molecule is Cc1ccc(CN2C(=C/C=C/c3oc4ccccc4[n+]3C)N(Cc3ccc(C)cc3)c3cc(Cl)c(Cl)cc32)cc1.[Cl-]. The van der Waals surface area contributed by atoms with Crippen molar-refractivity contribution in [2.45, 2.75) is 26.9 Å². The molecule has 0 bridgehead atoms. The molecule has 6 rings (SSSR count). The first kappa shape index (κ1) is 28.8. The molecular formula is C34H30Cl3N3O. The quantitative estimate of drug-likeness (QED) is 0.231. The van der Waals surface area contributed by atoms with Crippen molar-refractivity contribution >= 4 is 51.8 Å². The number of hydrogen-bond acceptors (Lipinski definition) is 3. The van der Waals surface area contributed by atoms with E-state index in [4.69, 9.17) is 27.6 Å². The van der Waals surface area contributed by atoms with Gasteiger partial charge < -0.3 is 26.6 Å². The molecule has 7 heteroatoms. The molecule has 1 aliphatic rings. The van der Waals surface area contributed by atoms with Crippen LogP contribution >= 0.6 is 23.2 Å². The number of benzene rings is 4. The molecule has 0 spiro atoms. The Hall–Kier alpha value is -3.70. The highest BCUT2D eigenvalue weighted by molar-refractivity contribution is 6.42. The van der Waals surface area contributed by atoms with Gasteiger partial charge in [-0.25, -0.2) is 0 Å². The number of fused-ring (bicyclic) bond motifs is 2. The summed E-state index contributed by atoms with van der Waals surface area (Å²) < 4.78 is 8.17. The normalized spacial score (nSPS) is 12.8. The number of oxazole rings is 1. The van der Waals surface area contributed by atoms with Gasteiger partial charge in [-0.05, 0) is 55.3 Å². The molecule has 4 nitrogen and oxygen atoms in total. The van der Waals surface area contributed by atoms with E-state index in [1.807, 2.05) is 49.5 Å². The van der Waals surface area contributed by atoms with Crippen molar-refractivity contribution in [1.29, 1.82) is 0 Å². The average Bonchev–Trinajstić information content (AvgIpc) is 3.41. The third kappa shape index (κ3) is 5.87. The predicted octanol–water partition coefficient (Wildman–Crippen LogP) is 5.77. The van der Waals surface area contributed by atoms with Gasteiger partial charge in [-0.1, -0.05) is 95.0 Å². The summed E-state index contributed by atoms with van der Waals surface area (Å²) >= 11 is 13.1. The molecule has 0 atom stereocenters. The van der Waals surface area contributed by atoms with Gasteiger partial charge in [0, 0.05) is 19.2 Å². The molecule has 0 saturated carbocycles. The van der Waals surface area contributed by atoms with E-state index in [0.29, 0.717) is 23.1 Å². The average molecular weight is 603 g/mol. The minimum atomic E-state index is 0. The van der Waals surface area contributed by atoms with E-state index in [-0.39, 0.29) is 12.4 Å². The van der Waals surface area contributed by atoms with Crippen molar-refractivity contribution in [3.8, 4) is 0 Å². The molecule has 0 aliphatic carbocycles. The van der Waals surface area contributed by atoms with Crippen LogP contribution in [0.2, 0.25) is 10.0 Å². The first-order valence-electron chi connectivity index (χ1n) is 13.3. The molecule has 5 aromatic rings. The molecule has 208 valence electrons. The Morgan fingerprint density at radius 3 is 1.78 bits per heavy atom. The van der Waals surface area contributed by atoms with Crippen LogP contribution in [0, 0.1) is 13.8 Å². The Bertz CT molecular complexity index is 1670. The number of allylic oxidation sites excluding steroid dienone is 2. The summed E-state index contributed by atoms with van der Waals surface area (Å²) in [5.41, 5.74) is 8.84. The van der Waals surface area contributed by atoms with Crippen LogP contribution in [0.15, 0.2) is 107 Å². The lowest BCUT2D eigenvalue weighted by molar-refractivity contribution is -0.652. The van der Waals surface area contributed by atoms with Crippen molar-refractivity contribution in [1.82, 2.24) is 0 Å². The lowest BCUT2D eigenvalue weighted by atomic mass is 10.1. The van der Waals surface area contributed by atoms with Crippen LogP contribution < -0.4 is 26.8 Å². The van der Waals surface area contributed by atoms with Gasteiger partial charge in [0.1, 0.15) is 12.9 Å². The topological polar surface area (TPSA) is 23.5 Å². The Morgan fingerprint density at radius 1 is 0.756 bits per heavy atom. The van der Waals surface area contributed by atoms with Crippen LogP contribution in [-0.4, -0.2) is 0 Å². The van der Waals surface area contributed by atoms with Crippen molar-refractivity contribution < 1.29 is 21.4 Å². The maximum atomic E-state index is 6.57. The number of aromatic nitrogens is 1. The molecule has 2 heterocycles. The van der Waals surface area contributed by atoms with Crippen molar-refractivity contribution in [2.24, 2.45) is 7.05 Å². The standard InChI is InChI=1S/C34H30Cl2N3O.ClH/c1-23-11-15-25(16-12-23)21-38-30-19-27(35)28(36)20-31(30)39(22-26-17-13-24(2)14-18-26)33(38)9-6-10-34-37(3)29-7-4-5-8-32(29)40-34;/h4-20H,21-22H2,1-3H3;1H/q+1;/p-1. The van der Waals surface area contributed by atoms with Crippen LogP contribution in [0.5, 0.6) is 0 Å². The molecule has 1 aliphatic heterocycles. The number of anilines is 2. The molecule has 0 saturated heterocycles. The molecule has 0 unspecified atom stereocenters. The second-order valence-corrected chi connectivity index (χ2v) is 11.1. The van der Waals surface area contributed by atoms with Gasteiger partial charge in [0.25, 0.3) is 5.52 Å². The molecule has 0 fully saturated rings. The number of halogens is 3. The maximum Gasteiger partial charge on any atom is 0.373 e. The van der Waals surface area contributed by atoms with E-state index in [9.17, 15) is 0 Å². The van der Waals surface area contributed by atoms with E-state index in [1.165, 1.54) is 22.3 Å². The van der Waals surface area contributed by atoms with Gasteiger partial charge in [-0.15, -0.1) is 0 Å². The summed E-state index contributed by atoms with van der Waals surface area (Å²) in [6, 6.07) is 29.3. The maximum absolute atomic E-state index is 6.57. The van der Waals surface area contributed by atoms with Gasteiger partial charge in [0.15, 0.2) is 0 Å². The molecule has 1 aromatic heterocycles. The lowest BCUT2D eigenvalue weighted by Crippen LogP contribution is -3.00. The Labute approximate surface area is 257 Å². The third-order valence-electron chi connectivity index (χ3n) is 7.33. The second kappa shape index (κ2) is 12.0. The highest BCUT2D eigenvalue weighted by atomic mass is 35.5. The fraction of sp³-hybridized carbons (Fsp3) is 0.147. The van der Waals surface area contributed by atoms with Gasteiger partial charge >= 0.3 is 5.89 Å². The number of aryl methyl sites for hydroxylation is 3. The van der Waals surface area contributed by atoms with Gasteiger partial charge in [0.05, 0.1) is 27.5 Å². The zero-order valence-electron chi connectivity index (χ0n) is 23.1. The van der Waals surface area contributed by atoms with Crippen LogP contribution in [0.3, 0.4) is 0 Å². The van der Waals surface area contributed by atoms with Gasteiger partial charge in [-0.3, -0.25) is 0 Å². The zero-order valence-corrected chi connectivity index (χ0v) is 25.4. The smallest absolute Gasteiger partial charge is 0.373 e. The monoisotopic (exact) mass is 601 g/mol. The molecule has 41 heavy (non-hydrogen) atoms. The predicted molar refractivity (Wildman–Crippen MR) is 166 cm³/mol. The Morgan fingerprint density at radius 2 is 1.27 bits per heavy atom. The molecular weight excluding hydrogens is 573 g/mol. The summed E-state index contributed by atoms with van der Waals surface area (Å²) in [4.78, 5) is 4.61. The molecule has 0 N–H and O–H groups in total. The van der Waals surface area contributed by atoms with Crippen LogP contribution in [0.25, 0.3) is 17.2 Å². The van der Waals surface area contributed by atoms with E-state index < -0.39 is 0 Å². The third-order valence-corrected chi connectivity index (χ3v) is 8.05. The first-order valence-corrected chi connectivity index (χ1v) is 14.0. The van der Waals surface area contributed by atoms with Crippen molar-refractivity contribution in [3.05, 3.63) is 141 Å². The zero-order chi connectivity index (χ0) is 27.8. The minimum Gasteiger partial charge on any atom is -1.00 e. The highest BCUT2D eigenvalue weighted by Crippen LogP contribution is 2.47. The highest BCUT2D eigenvalue weighted by Gasteiger charge is 2.32. The Kier molecular flexibility index (Phi) is 8.46. The molecule has 0 amide bonds. The lowest BCUT2D eigenvalue weighted by Gasteiger charge is -2.26. The van der Waals surface area contributed by atoms with Crippen LogP contribution in [0.1, 0.15) is 28.1 Å². The van der Waals surface area contributed by atoms with Gasteiger partial charge in [-0.2, -0.15) is 4.57 Å². The summed E-state index contributed by atoms with van der Waals surface area (Å²) in [7, 11) is 2.02. The van der Waals surface area contributed by atoms with Crippen LogP contribution in [0.4, 0.5) is 11.4 Å². The molecule has 0 radical (unpaired) electrons. The number of para-hydroxylation sites is 2. The largest absolute Gasteiger partial charge is 1.00 e. The minimum absolute atomic E-state index is 0. The molecule has 4 aromatic carbocycles. The van der Waals surface area contributed by atoms with E-state index in [0.717, 1.165) is 34.2 Å². The van der Waals surface area contributed by atoms with Crippen molar-refractivity contribution in [2.75, 3.05) is 9.80 Å². The second-order valence-electron chi connectivity index (χ2n) is 10.2. The summed E-state index contributed by atoms with van der Waals surface area (Å²) in [5, 5.41) is 1.08. The van der Waals surface area contributed by atoms with Crippen LogP contribution in [-0.2, 0) is 20.1 Å². The van der Waals surface area contributed by atoms with Gasteiger partial charge in [0.2, 0.25) is 5.58 Å². The summed E-state index contributed by atoms with van der Waals surface area (Å²) in [5.74, 6) is 1.80. The fourth-order valence-electron chi connectivity index (χ4n) is 5.10. The fourth-order valence-corrected chi connectivity index (χ4v) is 5.41. The number of nitrogens with zero attached hydrogens (tertiary/aromatic N) is 3.